The van der Waals surface area contributed by atoms with Crippen molar-refractivity contribution in [3.05, 3.63) is 116 Å². The number of anilines is 1. The molecule has 6 aromatic rings. The summed E-state index contributed by atoms with van der Waals surface area (Å²) in [4.78, 5) is 14.1. The molecule has 0 spiro atoms. The summed E-state index contributed by atoms with van der Waals surface area (Å²) >= 11 is 0. The molecule has 6 nitrogen and oxygen atoms in total. The standard InChI is InChI=1S/C28H19N3O.C5H8O2.Ir/c1-29-13-14-30(18-29)20-11-12-25-22(15-20)23-16-24-21-9-5-6-10-27(21)32-28(24)17-26(23)31(25)19-7-3-2-4-8-19;1-4(6)3-5(2)7;/h2-10,12-18H,1H3;3,6H,1-2H3;/q-2;;/b;4-3-;. The molecule has 0 aliphatic carbocycles. The number of carbonyl (C=O) groups is 1. The van der Waals surface area contributed by atoms with Crippen molar-refractivity contribution in [3.63, 3.8) is 0 Å². The van der Waals surface area contributed by atoms with E-state index in [0.717, 1.165) is 44.3 Å². The van der Waals surface area contributed by atoms with Crippen LogP contribution in [0.3, 0.4) is 0 Å². The summed E-state index contributed by atoms with van der Waals surface area (Å²) in [5.74, 6) is -0.0625. The number of para-hydroxylation sites is 2. The van der Waals surface area contributed by atoms with Gasteiger partial charge in [0.2, 0.25) is 0 Å². The van der Waals surface area contributed by atoms with Crippen LogP contribution in [-0.2, 0) is 24.9 Å². The molecular weight excluding hydrogens is 679 g/mol. The number of fused-ring (bicyclic) bond motifs is 6. The van der Waals surface area contributed by atoms with Crippen LogP contribution >= 0.6 is 0 Å². The minimum Gasteiger partial charge on any atom is -0.512 e. The summed E-state index contributed by atoms with van der Waals surface area (Å²) in [7, 11) is 2.02. The van der Waals surface area contributed by atoms with Crippen molar-refractivity contribution in [3.8, 4) is 5.69 Å². The van der Waals surface area contributed by atoms with Crippen LogP contribution in [0.1, 0.15) is 13.8 Å². The molecular formula is C33H27IrN3O3-2. The average Bonchev–Trinajstić information content (AvgIpc) is 3.60. The number of aliphatic hydroxyl groups excluding tert-OH is 1. The van der Waals surface area contributed by atoms with Crippen LogP contribution in [0.25, 0.3) is 49.4 Å². The van der Waals surface area contributed by atoms with Gasteiger partial charge in [0.1, 0.15) is 11.2 Å². The van der Waals surface area contributed by atoms with Gasteiger partial charge >= 0.3 is 0 Å². The van der Waals surface area contributed by atoms with Crippen LogP contribution < -0.4 is 4.90 Å². The van der Waals surface area contributed by atoms with Crippen LogP contribution in [0, 0.1) is 12.7 Å². The van der Waals surface area contributed by atoms with E-state index in [1.807, 2.05) is 36.3 Å². The molecule has 2 aromatic heterocycles. The summed E-state index contributed by atoms with van der Waals surface area (Å²) in [6.45, 7) is 4.90. The van der Waals surface area contributed by atoms with Gasteiger partial charge in [-0.2, -0.15) is 18.8 Å². The van der Waals surface area contributed by atoms with Crippen molar-refractivity contribution in [2.24, 2.45) is 0 Å². The van der Waals surface area contributed by atoms with E-state index in [1.165, 1.54) is 30.7 Å². The Hall–Kier alpha value is -4.32. The van der Waals surface area contributed by atoms with Gasteiger partial charge in [0.25, 0.3) is 0 Å². The first kappa shape index (κ1) is 27.3. The maximum Gasteiger partial charge on any atom is 0.155 e. The Kier molecular flexibility index (Phi) is 7.53. The SMILES string of the molecule is CC(=O)/C=C(/C)O.CN1C=CN(c2[c-]cc3c(c2)c2cc4c(cc2n3-c2ccccc2)oc2ccccc24)[CH-]1.[Ir]. The van der Waals surface area contributed by atoms with Crippen LogP contribution in [0.15, 0.2) is 108 Å². The number of furan rings is 1. The average molecular weight is 706 g/mol. The molecule has 0 unspecified atom stereocenters. The molecule has 0 saturated carbocycles. The van der Waals surface area contributed by atoms with E-state index in [0.29, 0.717) is 0 Å². The number of carbonyl (C=O) groups excluding carboxylic acids is 1. The van der Waals surface area contributed by atoms with Gasteiger partial charge in [-0.3, -0.25) is 4.79 Å². The van der Waals surface area contributed by atoms with Gasteiger partial charge in [0.15, 0.2) is 5.78 Å². The van der Waals surface area contributed by atoms with Crippen molar-refractivity contribution < 1.29 is 34.4 Å². The number of benzene rings is 4. The first-order chi connectivity index (χ1) is 18.9. The van der Waals surface area contributed by atoms with E-state index < -0.39 is 0 Å². The van der Waals surface area contributed by atoms with E-state index in [9.17, 15) is 4.79 Å². The van der Waals surface area contributed by atoms with Crippen molar-refractivity contribution in [1.29, 1.82) is 0 Å². The van der Waals surface area contributed by atoms with Crippen molar-refractivity contribution in [2.45, 2.75) is 13.8 Å². The van der Waals surface area contributed by atoms with Crippen LogP contribution in [0.2, 0.25) is 0 Å². The van der Waals surface area contributed by atoms with E-state index in [2.05, 4.69) is 89.1 Å². The Morgan fingerprint density at radius 2 is 1.60 bits per heavy atom. The summed E-state index contributed by atoms with van der Waals surface area (Å²) < 4.78 is 8.51. The van der Waals surface area contributed by atoms with Gasteiger partial charge in [-0.25, -0.2) is 0 Å². The van der Waals surface area contributed by atoms with Crippen molar-refractivity contribution in [2.75, 3.05) is 11.9 Å². The van der Waals surface area contributed by atoms with Gasteiger partial charge in [-0.15, -0.1) is 17.1 Å². The number of aromatic nitrogens is 1. The van der Waals surface area contributed by atoms with Crippen molar-refractivity contribution in [1.82, 2.24) is 9.47 Å². The van der Waals surface area contributed by atoms with Gasteiger partial charge in [0, 0.05) is 54.2 Å². The first-order valence-electron chi connectivity index (χ1n) is 12.7. The Bertz CT molecular complexity index is 1910. The zero-order valence-corrected chi connectivity index (χ0v) is 24.6. The fourth-order valence-electron chi connectivity index (χ4n) is 5.06. The third-order valence-electron chi connectivity index (χ3n) is 6.65. The van der Waals surface area contributed by atoms with E-state index in [-0.39, 0.29) is 31.6 Å². The molecule has 4 aromatic carbocycles. The number of rotatable bonds is 3. The zero-order valence-electron chi connectivity index (χ0n) is 22.3. The monoisotopic (exact) mass is 706 g/mol. The fraction of sp³-hybridized carbons (Fsp3) is 0.0909. The minimum absolute atomic E-state index is 0. The summed E-state index contributed by atoms with van der Waals surface area (Å²) in [5, 5.41) is 13.0. The number of hydrogen-bond donors (Lipinski definition) is 1. The molecule has 7 rings (SSSR count). The Morgan fingerprint density at radius 1 is 0.875 bits per heavy atom. The van der Waals surface area contributed by atoms with Crippen LogP contribution in [0.5, 0.6) is 0 Å². The Morgan fingerprint density at radius 3 is 2.27 bits per heavy atom. The van der Waals surface area contributed by atoms with Crippen molar-refractivity contribution >= 4 is 55.2 Å². The maximum atomic E-state index is 10.0. The smallest absolute Gasteiger partial charge is 0.155 e. The molecule has 0 atom stereocenters. The third kappa shape index (κ3) is 5.02. The Labute approximate surface area is 245 Å². The third-order valence-corrected chi connectivity index (χ3v) is 6.65. The molecule has 1 aliphatic heterocycles. The second kappa shape index (κ2) is 11.0. The molecule has 0 bridgehead atoms. The van der Waals surface area contributed by atoms with E-state index in [1.54, 1.807) is 0 Å². The first-order valence-corrected chi connectivity index (χ1v) is 12.7. The topological polar surface area (TPSA) is 61.9 Å². The fourth-order valence-corrected chi connectivity index (χ4v) is 5.06. The molecule has 40 heavy (non-hydrogen) atoms. The maximum absolute atomic E-state index is 10.0. The van der Waals surface area contributed by atoms with E-state index in [4.69, 9.17) is 9.52 Å². The number of hydrogen-bond acceptors (Lipinski definition) is 5. The van der Waals surface area contributed by atoms with Gasteiger partial charge < -0.3 is 23.9 Å². The summed E-state index contributed by atoms with van der Waals surface area (Å²) in [5.41, 5.74) is 6.21. The van der Waals surface area contributed by atoms with Gasteiger partial charge in [0.05, 0.1) is 5.76 Å². The predicted octanol–water partition coefficient (Wildman–Crippen LogP) is 7.86. The molecule has 7 heteroatoms. The van der Waals surface area contributed by atoms with E-state index >= 15 is 0 Å². The molecule has 0 fully saturated rings. The molecule has 1 aliphatic rings. The number of allylic oxidation sites excluding steroid dienone is 2. The molecule has 203 valence electrons. The quantitative estimate of drug-likeness (QED) is 0.116. The second-order valence-electron chi connectivity index (χ2n) is 9.63. The number of aliphatic hydroxyl groups is 1. The Balaban J connectivity index is 0.000000362. The number of nitrogens with zero attached hydrogens (tertiary/aromatic N) is 3. The van der Waals surface area contributed by atoms with Crippen LogP contribution in [-0.4, -0.2) is 27.4 Å². The second-order valence-corrected chi connectivity index (χ2v) is 9.63. The minimum atomic E-state index is -0.125. The summed E-state index contributed by atoms with van der Waals surface area (Å²) in [6, 6.07) is 31.0. The largest absolute Gasteiger partial charge is 0.512 e. The normalized spacial score (nSPS) is 13.2. The van der Waals surface area contributed by atoms with Gasteiger partial charge in [-0.1, -0.05) is 41.9 Å². The molecule has 3 heterocycles. The molecule has 1 N–H and O–H groups in total. The molecule has 1 radical (unpaired) electrons. The zero-order chi connectivity index (χ0) is 27.1. The van der Waals surface area contributed by atoms with Gasteiger partial charge in [-0.05, 0) is 62.9 Å². The predicted molar refractivity (Wildman–Crippen MR) is 158 cm³/mol. The van der Waals surface area contributed by atoms with Crippen LogP contribution in [0.4, 0.5) is 5.69 Å². The number of ketones is 1. The molecule has 0 saturated heterocycles. The molecule has 0 amide bonds. The summed E-state index contributed by atoms with van der Waals surface area (Å²) in [6.07, 6.45) is 5.25.